The van der Waals surface area contributed by atoms with Gasteiger partial charge in [0.15, 0.2) is 5.17 Å². The van der Waals surface area contributed by atoms with E-state index in [4.69, 9.17) is 0 Å². The Hall–Kier alpha value is -1.82. The Morgan fingerprint density at radius 3 is 2.83 bits per heavy atom. The fourth-order valence-corrected chi connectivity index (χ4v) is 3.29. The Balaban J connectivity index is 1.95. The summed E-state index contributed by atoms with van der Waals surface area (Å²) in [6, 6.07) is 6.03. The zero-order chi connectivity index (χ0) is 17.0. The van der Waals surface area contributed by atoms with Gasteiger partial charge in [-0.3, -0.25) is 14.6 Å². The summed E-state index contributed by atoms with van der Waals surface area (Å²) >= 11 is 1.34. The monoisotopic (exact) mass is 333 g/mol. The van der Waals surface area contributed by atoms with Gasteiger partial charge in [-0.05, 0) is 38.8 Å². The van der Waals surface area contributed by atoms with Gasteiger partial charge in [0.25, 0.3) is 0 Å². The predicted molar refractivity (Wildman–Crippen MR) is 95.9 cm³/mol. The van der Waals surface area contributed by atoms with Gasteiger partial charge in [0.2, 0.25) is 11.8 Å². The summed E-state index contributed by atoms with van der Waals surface area (Å²) in [5.41, 5.74) is 2.95. The minimum atomic E-state index is -0.413. The number of nitrogens with one attached hydrogen (secondary N) is 2. The van der Waals surface area contributed by atoms with Crippen molar-refractivity contribution in [3.8, 4) is 0 Å². The fraction of sp³-hybridized carbons (Fsp3) is 0.471. The smallest absolute Gasteiger partial charge is 0.240 e. The van der Waals surface area contributed by atoms with E-state index in [1.165, 1.54) is 11.8 Å². The lowest BCUT2D eigenvalue weighted by Crippen LogP contribution is -2.28. The first-order valence-corrected chi connectivity index (χ1v) is 8.69. The van der Waals surface area contributed by atoms with Crippen molar-refractivity contribution >= 4 is 34.4 Å². The molecule has 1 aromatic rings. The molecule has 5 nitrogen and oxygen atoms in total. The second-order valence-electron chi connectivity index (χ2n) is 5.86. The second-order valence-corrected chi connectivity index (χ2v) is 7.05. The van der Waals surface area contributed by atoms with E-state index in [1.54, 1.807) is 0 Å². The van der Waals surface area contributed by atoms with E-state index in [0.29, 0.717) is 5.17 Å². The minimum Gasteiger partial charge on any atom is -0.326 e. The summed E-state index contributed by atoms with van der Waals surface area (Å²) in [4.78, 5) is 28.6. The zero-order valence-electron chi connectivity index (χ0n) is 14.0. The topological polar surface area (TPSA) is 70.6 Å². The van der Waals surface area contributed by atoms with Crippen LogP contribution in [0.15, 0.2) is 23.2 Å². The number of rotatable bonds is 5. The molecule has 23 heavy (non-hydrogen) atoms. The maximum Gasteiger partial charge on any atom is 0.240 e. The molecule has 0 spiro atoms. The van der Waals surface area contributed by atoms with E-state index in [1.807, 2.05) is 45.9 Å². The van der Waals surface area contributed by atoms with E-state index in [-0.39, 0.29) is 24.3 Å². The van der Waals surface area contributed by atoms with Crippen LogP contribution >= 0.6 is 11.8 Å². The van der Waals surface area contributed by atoms with Gasteiger partial charge < -0.3 is 10.6 Å². The molecular formula is C17H23N3O2S. The summed E-state index contributed by atoms with van der Waals surface area (Å²) in [7, 11) is 0. The molecule has 1 aliphatic heterocycles. The fourth-order valence-electron chi connectivity index (χ4n) is 2.22. The standard InChI is InChI=1S/C17H23N3O2S/c1-5-12(4)18-17-20-16(22)14(23-17)9-15(21)19-13-7-6-10(2)8-11(13)3/h6-8,12,14H,5,9H2,1-4H3,(H,19,21)(H,18,20,22)/t12-,14-/m1/s1. The predicted octanol–water partition coefficient (Wildman–Crippen LogP) is 3.02. The molecular weight excluding hydrogens is 310 g/mol. The van der Waals surface area contributed by atoms with Gasteiger partial charge in [0.1, 0.15) is 5.25 Å². The average molecular weight is 333 g/mol. The van der Waals surface area contributed by atoms with Crippen molar-refractivity contribution in [3.63, 3.8) is 0 Å². The number of thioether (sulfide) groups is 1. The van der Waals surface area contributed by atoms with Gasteiger partial charge in [0.05, 0.1) is 0 Å². The summed E-state index contributed by atoms with van der Waals surface area (Å²) in [6.07, 6.45) is 1.06. The highest BCUT2D eigenvalue weighted by molar-refractivity contribution is 8.15. The van der Waals surface area contributed by atoms with Crippen molar-refractivity contribution in [2.75, 3.05) is 5.32 Å². The van der Waals surface area contributed by atoms with Gasteiger partial charge in [-0.1, -0.05) is 36.4 Å². The van der Waals surface area contributed by atoms with Crippen LogP contribution in [0.2, 0.25) is 0 Å². The number of aliphatic imine (C=N–C) groups is 1. The van der Waals surface area contributed by atoms with Gasteiger partial charge in [-0.2, -0.15) is 0 Å². The number of aryl methyl sites for hydroxylation is 2. The Bertz CT molecular complexity index is 643. The number of anilines is 1. The molecule has 124 valence electrons. The molecule has 1 aromatic carbocycles. The van der Waals surface area contributed by atoms with Crippen LogP contribution in [0, 0.1) is 13.8 Å². The summed E-state index contributed by atoms with van der Waals surface area (Å²) in [5.74, 6) is -0.303. The molecule has 1 fully saturated rings. The van der Waals surface area contributed by atoms with Gasteiger partial charge in [0, 0.05) is 18.2 Å². The van der Waals surface area contributed by atoms with E-state index in [9.17, 15) is 9.59 Å². The van der Waals surface area contributed by atoms with Crippen LogP contribution in [0.1, 0.15) is 37.8 Å². The Morgan fingerprint density at radius 1 is 1.43 bits per heavy atom. The molecule has 0 radical (unpaired) electrons. The first-order valence-electron chi connectivity index (χ1n) is 7.81. The Kier molecular flexibility index (Phi) is 5.82. The number of carbonyl (C=O) groups is 2. The van der Waals surface area contributed by atoms with Crippen molar-refractivity contribution in [2.24, 2.45) is 4.99 Å². The van der Waals surface area contributed by atoms with Crippen LogP contribution in [-0.2, 0) is 9.59 Å². The highest BCUT2D eigenvalue weighted by Gasteiger charge is 2.32. The third kappa shape index (κ3) is 4.82. The number of benzene rings is 1. The SMILES string of the molecule is CC[C@@H](C)N=C1NC(=O)[C@@H](CC(=O)Nc2ccc(C)cc2C)S1. The molecule has 1 aliphatic rings. The van der Waals surface area contributed by atoms with Crippen LogP contribution in [0.25, 0.3) is 0 Å². The number of amides is 2. The van der Waals surface area contributed by atoms with Crippen LogP contribution in [0.3, 0.4) is 0 Å². The van der Waals surface area contributed by atoms with Crippen molar-refractivity contribution < 1.29 is 9.59 Å². The lowest BCUT2D eigenvalue weighted by Gasteiger charge is -2.10. The molecule has 1 saturated heterocycles. The van der Waals surface area contributed by atoms with E-state index < -0.39 is 5.25 Å². The number of hydrogen-bond donors (Lipinski definition) is 2. The molecule has 0 saturated carbocycles. The molecule has 2 atom stereocenters. The highest BCUT2D eigenvalue weighted by Crippen LogP contribution is 2.24. The van der Waals surface area contributed by atoms with E-state index >= 15 is 0 Å². The Morgan fingerprint density at radius 2 is 2.17 bits per heavy atom. The molecule has 0 bridgehead atoms. The number of carbonyl (C=O) groups excluding carboxylic acids is 2. The summed E-state index contributed by atoms with van der Waals surface area (Å²) in [6.45, 7) is 8.01. The lowest BCUT2D eigenvalue weighted by molar-refractivity contribution is -0.122. The molecule has 6 heteroatoms. The average Bonchev–Trinajstić information content (AvgIpc) is 2.81. The molecule has 2 rings (SSSR count). The van der Waals surface area contributed by atoms with Gasteiger partial charge in [-0.15, -0.1) is 0 Å². The number of hydrogen-bond acceptors (Lipinski definition) is 4. The maximum absolute atomic E-state index is 12.2. The largest absolute Gasteiger partial charge is 0.326 e. The zero-order valence-corrected chi connectivity index (χ0v) is 14.8. The minimum absolute atomic E-state index is 0.142. The van der Waals surface area contributed by atoms with E-state index in [2.05, 4.69) is 15.6 Å². The molecule has 2 amide bonds. The van der Waals surface area contributed by atoms with Crippen molar-refractivity contribution in [2.45, 2.75) is 51.8 Å². The second kappa shape index (κ2) is 7.64. The van der Waals surface area contributed by atoms with Crippen LogP contribution in [-0.4, -0.2) is 28.3 Å². The first-order chi connectivity index (χ1) is 10.9. The summed E-state index contributed by atoms with van der Waals surface area (Å²) in [5, 5.41) is 5.84. The lowest BCUT2D eigenvalue weighted by atomic mass is 10.1. The highest BCUT2D eigenvalue weighted by atomic mass is 32.2. The van der Waals surface area contributed by atoms with Crippen molar-refractivity contribution in [1.82, 2.24) is 5.32 Å². The summed E-state index contributed by atoms with van der Waals surface area (Å²) < 4.78 is 0. The van der Waals surface area contributed by atoms with Gasteiger partial charge >= 0.3 is 0 Å². The van der Waals surface area contributed by atoms with Crippen LogP contribution < -0.4 is 10.6 Å². The molecule has 0 unspecified atom stereocenters. The van der Waals surface area contributed by atoms with Crippen LogP contribution in [0.4, 0.5) is 5.69 Å². The molecule has 1 heterocycles. The number of amidine groups is 1. The van der Waals surface area contributed by atoms with Crippen molar-refractivity contribution in [1.29, 1.82) is 0 Å². The molecule has 0 aliphatic carbocycles. The normalized spacial score (nSPS) is 20.4. The third-order valence-electron chi connectivity index (χ3n) is 3.73. The van der Waals surface area contributed by atoms with Crippen LogP contribution in [0.5, 0.6) is 0 Å². The Labute approximate surface area is 141 Å². The molecule has 2 N–H and O–H groups in total. The van der Waals surface area contributed by atoms with Crippen molar-refractivity contribution in [3.05, 3.63) is 29.3 Å². The third-order valence-corrected chi connectivity index (χ3v) is 4.83. The first kappa shape index (κ1) is 17.5. The van der Waals surface area contributed by atoms with Gasteiger partial charge in [-0.25, -0.2) is 0 Å². The quantitative estimate of drug-likeness (QED) is 0.870. The van der Waals surface area contributed by atoms with E-state index in [0.717, 1.165) is 23.2 Å². The maximum atomic E-state index is 12.2. The number of nitrogens with zero attached hydrogens (tertiary/aromatic N) is 1. The molecule has 0 aromatic heterocycles.